The van der Waals surface area contributed by atoms with Crippen molar-refractivity contribution in [1.82, 2.24) is 5.32 Å². The summed E-state index contributed by atoms with van der Waals surface area (Å²) in [5.74, 6) is 0. The van der Waals surface area contributed by atoms with Gasteiger partial charge in [0.05, 0.1) is 0 Å². The monoisotopic (exact) mass is 113 g/mol. The van der Waals surface area contributed by atoms with Gasteiger partial charge in [-0.25, -0.2) is 0 Å². The third kappa shape index (κ3) is 0.565. The molecular formula is C6H11NO. The zero-order valence-electron chi connectivity index (χ0n) is 5.27. The molecule has 0 aromatic heterocycles. The van der Waals surface area contributed by atoms with E-state index in [0.717, 1.165) is 0 Å². The van der Waals surface area contributed by atoms with Gasteiger partial charge in [0.2, 0.25) is 0 Å². The van der Waals surface area contributed by atoms with Crippen molar-refractivity contribution in [3.8, 4) is 0 Å². The van der Waals surface area contributed by atoms with Crippen LogP contribution in [0.25, 0.3) is 0 Å². The smallest absolute Gasteiger partial charge is 0.135 e. The summed E-state index contributed by atoms with van der Waals surface area (Å²) in [6, 6.07) is 0. The predicted octanol–water partition coefficient (Wildman–Crippen LogP) is 0.483. The molecule has 2 atom stereocenters. The maximum atomic E-state index is 5.18. The van der Waals surface area contributed by atoms with Gasteiger partial charge >= 0.3 is 0 Å². The first-order chi connectivity index (χ1) is 3.67. The van der Waals surface area contributed by atoms with Crippen LogP contribution in [0.2, 0.25) is 0 Å². The molecule has 0 spiro atoms. The topological polar surface area (TPSA) is 24.6 Å². The van der Waals surface area contributed by atoms with Crippen molar-refractivity contribution in [2.24, 2.45) is 0 Å². The summed E-state index contributed by atoms with van der Waals surface area (Å²) >= 11 is 0. The lowest BCUT2D eigenvalue weighted by atomic mass is 10.0. The molecule has 2 aliphatic heterocycles. The van der Waals surface area contributed by atoms with Crippen molar-refractivity contribution in [3.63, 3.8) is 0 Å². The van der Waals surface area contributed by atoms with Gasteiger partial charge in [-0.2, -0.15) is 0 Å². The number of fused-ring (bicyclic) bond motifs is 1. The molecule has 0 aromatic carbocycles. The average molecular weight is 113 g/mol. The van der Waals surface area contributed by atoms with Gasteiger partial charge < -0.3 is 4.74 Å². The summed E-state index contributed by atoms with van der Waals surface area (Å²) in [4.78, 5) is 0. The van der Waals surface area contributed by atoms with E-state index < -0.39 is 0 Å². The number of rotatable bonds is 0. The predicted molar refractivity (Wildman–Crippen MR) is 30.5 cm³/mol. The molecule has 2 unspecified atom stereocenters. The van der Waals surface area contributed by atoms with Crippen molar-refractivity contribution >= 4 is 0 Å². The molecule has 8 heavy (non-hydrogen) atoms. The molecule has 0 saturated carbocycles. The maximum absolute atomic E-state index is 5.18. The molecule has 0 aliphatic carbocycles. The first kappa shape index (κ1) is 4.77. The molecule has 2 fully saturated rings. The SMILES string of the molecule is CC1(C)CC2OC2N1. The molecular weight excluding hydrogens is 102 g/mol. The van der Waals surface area contributed by atoms with Crippen LogP contribution in [0.5, 0.6) is 0 Å². The Morgan fingerprint density at radius 1 is 1.62 bits per heavy atom. The molecule has 2 heteroatoms. The summed E-state index contributed by atoms with van der Waals surface area (Å²) in [6.45, 7) is 4.42. The van der Waals surface area contributed by atoms with Crippen LogP contribution in [0.1, 0.15) is 20.3 Å². The van der Waals surface area contributed by atoms with Crippen LogP contribution in [0.4, 0.5) is 0 Å². The standard InChI is InChI=1S/C6H11NO/c1-6(2)3-4-5(7-6)8-4/h4-5,7H,3H2,1-2H3. The van der Waals surface area contributed by atoms with Gasteiger partial charge in [-0.05, 0) is 20.3 Å². The van der Waals surface area contributed by atoms with E-state index in [-0.39, 0.29) is 0 Å². The van der Waals surface area contributed by atoms with Crippen LogP contribution < -0.4 is 5.32 Å². The van der Waals surface area contributed by atoms with E-state index in [4.69, 9.17) is 4.74 Å². The van der Waals surface area contributed by atoms with Crippen molar-refractivity contribution in [2.45, 2.75) is 38.1 Å². The second-order valence-electron chi connectivity index (χ2n) is 3.33. The Morgan fingerprint density at radius 2 is 2.38 bits per heavy atom. The Balaban J connectivity index is 2.08. The maximum Gasteiger partial charge on any atom is 0.135 e. The van der Waals surface area contributed by atoms with Gasteiger partial charge in [0.15, 0.2) is 0 Å². The van der Waals surface area contributed by atoms with Crippen LogP contribution in [0.15, 0.2) is 0 Å². The first-order valence-corrected chi connectivity index (χ1v) is 3.11. The zero-order valence-corrected chi connectivity index (χ0v) is 5.27. The molecule has 0 radical (unpaired) electrons. The molecule has 0 bridgehead atoms. The molecule has 2 saturated heterocycles. The highest BCUT2D eigenvalue weighted by Crippen LogP contribution is 2.36. The van der Waals surface area contributed by atoms with Crippen LogP contribution in [0, 0.1) is 0 Å². The van der Waals surface area contributed by atoms with E-state index >= 15 is 0 Å². The average Bonchev–Trinajstić information content (AvgIpc) is 2.11. The normalized spacial score (nSPS) is 48.8. The Morgan fingerprint density at radius 3 is 2.62 bits per heavy atom. The molecule has 0 aromatic rings. The zero-order chi connectivity index (χ0) is 5.78. The lowest BCUT2D eigenvalue weighted by Crippen LogP contribution is -2.35. The third-order valence-electron chi connectivity index (χ3n) is 1.83. The van der Waals surface area contributed by atoms with Gasteiger partial charge in [-0.1, -0.05) is 0 Å². The fraction of sp³-hybridized carbons (Fsp3) is 1.00. The molecule has 1 N–H and O–H groups in total. The van der Waals surface area contributed by atoms with Crippen molar-refractivity contribution in [2.75, 3.05) is 0 Å². The number of hydrogen-bond acceptors (Lipinski definition) is 2. The Hall–Kier alpha value is -0.0800. The molecule has 2 nitrogen and oxygen atoms in total. The van der Waals surface area contributed by atoms with Crippen LogP contribution in [0.3, 0.4) is 0 Å². The van der Waals surface area contributed by atoms with Gasteiger partial charge in [0.25, 0.3) is 0 Å². The summed E-state index contributed by atoms with van der Waals surface area (Å²) in [5.41, 5.74) is 0.341. The minimum Gasteiger partial charge on any atom is -0.353 e. The van der Waals surface area contributed by atoms with Crippen molar-refractivity contribution in [1.29, 1.82) is 0 Å². The third-order valence-corrected chi connectivity index (χ3v) is 1.83. The quantitative estimate of drug-likeness (QED) is 0.462. The van der Waals surface area contributed by atoms with Crippen LogP contribution >= 0.6 is 0 Å². The summed E-state index contributed by atoms with van der Waals surface area (Å²) in [7, 11) is 0. The van der Waals surface area contributed by atoms with E-state index in [1.807, 2.05) is 0 Å². The molecule has 2 aliphatic rings. The highest BCUT2D eigenvalue weighted by molar-refractivity contribution is 5.01. The van der Waals surface area contributed by atoms with Gasteiger partial charge in [0.1, 0.15) is 12.3 Å². The Bertz CT molecular complexity index is 110. The van der Waals surface area contributed by atoms with Crippen LogP contribution in [-0.2, 0) is 4.74 Å². The van der Waals surface area contributed by atoms with E-state index in [9.17, 15) is 0 Å². The highest BCUT2D eigenvalue weighted by atomic mass is 16.6. The molecule has 2 heterocycles. The van der Waals surface area contributed by atoms with Gasteiger partial charge in [0, 0.05) is 5.54 Å². The Kier molecular flexibility index (Phi) is 0.649. The van der Waals surface area contributed by atoms with Gasteiger partial charge in [-0.3, -0.25) is 5.32 Å². The fourth-order valence-electron chi connectivity index (χ4n) is 1.37. The second kappa shape index (κ2) is 1.09. The van der Waals surface area contributed by atoms with Crippen molar-refractivity contribution in [3.05, 3.63) is 0 Å². The lowest BCUT2D eigenvalue weighted by molar-refractivity contribution is 0.230. The van der Waals surface area contributed by atoms with E-state index in [0.29, 0.717) is 17.9 Å². The lowest BCUT2D eigenvalue weighted by Gasteiger charge is -2.18. The molecule has 0 amide bonds. The second-order valence-corrected chi connectivity index (χ2v) is 3.33. The Labute approximate surface area is 49.2 Å². The molecule has 46 valence electrons. The highest BCUT2D eigenvalue weighted by Gasteiger charge is 2.51. The van der Waals surface area contributed by atoms with Crippen LogP contribution in [-0.4, -0.2) is 17.9 Å². The minimum absolute atomic E-state index is 0.341. The first-order valence-electron chi connectivity index (χ1n) is 3.11. The number of nitrogens with one attached hydrogen (secondary N) is 1. The summed E-state index contributed by atoms with van der Waals surface area (Å²) < 4.78 is 5.18. The van der Waals surface area contributed by atoms with Crippen molar-refractivity contribution < 1.29 is 4.74 Å². The molecule has 2 rings (SSSR count). The van der Waals surface area contributed by atoms with Gasteiger partial charge in [-0.15, -0.1) is 0 Å². The number of epoxide rings is 1. The number of hydrogen-bond donors (Lipinski definition) is 1. The van der Waals surface area contributed by atoms with E-state index in [1.165, 1.54) is 6.42 Å². The van der Waals surface area contributed by atoms with E-state index in [2.05, 4.69) is 19.2 Å². The minimum atomic E-state index is 0.341. The number of ether oxygens (including phenoxy) is 1. The van der Waals surface area contributed by atoms with E-state index in [1.54, 1.807) is 0 Å². The fourth-order valence-corrected chi connectivity index (χ4v) is 1.37. The summed E-state index contributed by atoms with van der Waals surface area (Å²) in [6.07, 6.45) is 2.13. The summed E-state index contributed by atoms with van der Waals surface area (Å²) in [5, 5.41) is 3.34. The largest absolute Gasteiger partial charge is 0.353 e.